The molecule has 0 radical (unpaired) electrons. The van der Waals surface area contributed by atoms with E-state index < -0.39 is 0 Å². The first-order valence-electron chi connectivity index (χ1n) is 7.46. The number of ether oxygens (including phenoxy) is 1. The molecule has 114 valence electrons. The normalized spacial score (nSPS) is 11.1. The minimum absolute atomic E-state index is 0.268. The Labute approximate surface area is 129 Å². The van der Waals surface area contributed by atoms with Crippen molar-refractivity contribution in [3.8, 4) is 0 Å². The van der Waals surface area contributed by atoms with E-state index in [1.165, 1.54) is 25.7 Å². The van der Waals surface area contributed by atoms with Crippen LogP contribution in [0.4, 0.5) is 0 Å². The summed E-state index contributed by atoms with van der Waals surface area (Å²) in [5.74, 6) is 1.04. The van der Waals surface area contributed by atoms with Gasteiger partial charge in [0, 0.05) is 30.1 Å². The van der Waals surface area contributed by atoms with E-state index >= 15 is 0 Å². The van der Waals surface area contributed by atoms with E-state index in [0.29, 0.717) is 5.58 Å². The molecule has 0 bridgehead atoms. The van der Waals surface area contributed by atoms with Crippen molar-refractivity contribution in [1.82, 2.24) is 0 Å². The highest BCUT2D eigenvalue weighted by Crippen LogP contribution is 2.27. The average molecular weight is 306 g/mol. The molecule has 1 aromatic heterocycles. The molecule has 0 aliphatic heterocycles. The lowest BCUT2D eigenvalue weighted by atomic mass is 10.2. The molecule has 4 heteroatoms. The third kappa shape index (κ3) is 5.21. The molecule has 0 aliphatic rings. The van der Waals surface area contributed by atoms with Crippen LogP contribution < -0.4 is 5.63 Å². The molecule has 0 spiro atoms. The highest BCUT2D eigenvalue weighted by molar-refractivity contribution is 7.99. The highest BCUT2D eigenvalue weighted by Gasteiger charge is 2.05. The van der Waals surface area contributed by atoms with Crippen LogP contribution in [0, 0.1) is 0 Å². The lowest BCUT2D eigenvalue weighted by molar-refractivity contribution is 0.192. The van der Waals surface area contributed by atoms with Gasteiger partial charge in [-0.1, -0.05) is 37.5 Å². The molecule has 1 aromatic carbocycles. The van der Waals surface area contributed by atoms with E-state index in [1.54, 1.807) is 24.9 Å². The van der Waals surface area contributed by atoms with Crippen LogP contribution in [0.15, 0.2) is 44.4 Å². The summed E-state index contributed by atoms with van der Waals surface area (Å²) in [5, 5.41) is 1.03. The molecule has 0 saturated carbocycles. The number of hydrogen-bond donors (Lipinski definition) is 0. The van der Waals surface area contributed by atoms with Crippen molar-refractivity contribution in [2.24, 2.45) is 0 Å². The fraction of sp³-hybridized carbons (Fsp3) is 0.471. The monoisotopic (exact) mass is 306 g/mol. The van der Waals surface area contributed by atoms with Crippen LogP contribution in [0.5, 0.6) is 0 Å². The third-order valence-corrected chi connectivity index (χ3v) is 4.50. The van der Waals surface area contributed by atoms with Gasteiger partial charge in [-0.25, -0.2) is 4.79 Å². The van der Waals surface area contributed by atoms with Gasteiger partial charge in [0.25, 0.3) is 0 Å². The van der Waals surface area contributed by atoms with Crippen molar-refractivity contribution in [1.29, 1.82) is 0 Å². The topological polar surface area (TPSA) is 39.4 Å². The van der Waals surface area contributed by atoms with Crippen LogP contribution in [0.1, 0.15) is 32.1 Å². The number of methoxy groups -OCH3 is 1. The number of benzene rings is 1. The molecule has 0 amide bonds. The zero-order chi connectivity index (χ0) is 14.9. The molecule has 0 saturated heterocycles. The fourth-order valence-electron chi connectivity index (χ4n) is 2.26. The van der Waals surface area contributed by atoms with Gasteiger partial charge in [0.15, 0.2) is 0 Å². The SMILES string of the molecule is COCCCCCCCSc1cc(=O)oc2ccccc12. The van der Waals surface area contributed by atoms with Gasteiger partial charge in [-0.3, -0.25) is 0 Å². The van der Waals surface area contributed by atoms with Crippen molar-refractivity contribution in [2.45, 2.75) is 37.0 Å². The third-order valence-electron chi connectivity index (χ3n) is 3.36. The number of para-hydroxylation sites is 1. The summed E-state index contributed by atoms with van der Waals surface area (Å²) in [4.78, 5) is 12.6. The van der Waals surface area contributed by atoms with Crippen molar-refractivity contribution in [2.75, 3.05) is 19.5 Å². The summed E-state index contributed by atoms with van der Waals surface area (Å²) >= 11 is 1.75. The minimum atomic E-state index is -0.268. The van der Waals surface area contributed by atoms with Gasteiger partial charge in [-0.2, -0.15) is 0 Å². The number of unbranched alkanes of at least 4 members (excludes halogenated alkanes) is 4. The second kappa shape index (κ2) is 8.90. The molecule has 2 aromatic rings. The van der Waals surface area contributed by atoms with Gasteiger partial charge in [0.05, 0.1) is 0 Å². The predicted octanol–water partition coefficient (Wildman–Crippen LogP) is 4.48. The molecule has 2 rings (SSSR count). The number of rotatable bonds is 9. The van der Waals surface area contributed by atoms with Gasteiger partial charge < -0.3 is 9.15 Å². The smallest absolute Gasteiger partial charge is 0.337 e. The maximum Gasteiger partial charge on any atom is 0.337 e. The van der Waals surface area contributed by atoms with Crippen LogP contribution in [0.3, 0.4) is 0 Å². The lowest BCUT2D eigenvalue weighted by Crippen LogP contribution is -1.97. The summed E-state index contributed by atoms with van der Waals surface area (Å²) in [6.45, 7) is 0.862. The van der Waals surface area contributed by atoms with E-state index in [-0.39, 0.29) is 5.63 Å². The Hall–Kier alpha value is -1.26. The molecule has 0 N–H and O–H groups in total. The Morgan fingerprint density at radius 1 is 1.10 bits per heavy atom. The summed E-state index contributed by atoms with van der Waals surface area (Å²) in [5.41, 5.74) is 0.405. The summed E-state index contributed by atoms with van der Waals surface area (Å²) < 4.78 is 10.2. The van der Waals surface area contributed by atoms with Crippen molar-refractivity contribution in [3.05, 3.63) is 40.8 Å². The largest absolute Gasteiger partial charge is 0.423 e. The van der Waals surface area contributed by atoms with E-state index in [2.05, 4.69) is 0 Å². The maximum absolute atomic E-state index is 11.5. The van der Waals surface area contributed by atoms with Crippen LogP contribution in [0.25, 0.3) is 11.0 Å². The Balaban J connectivity index is 1.80. The second-order valence-electron chi connectivity index (χ2n) is 5.03. The molecule has 0 atom stereocenters. The quantitative estimate of drug-likeness (QED) is 0.389. The molecule has 0 aliphatic carbocycles. The number of thioether (sulfide) groups is 1. The van der Waals surface area contributed by atoms with Gasteiger partial charge in [0.2, 0.25) is 0 Å². The fourth-order valence-corrected chi connectivity index (χ4v) is 3.33. The summed E-state index contributed by atoms with van der Waals surface area (Å²) in [6.07, 6.45) is 6.04. The van der Waals surface area contributed by atoms with Crippen LogP contribution in [-0.2, 0) is 4.74 Å². The van der Waals surface area contributed by atoms with Crippen LogP contribution in [-0.4, -0.2) is 19.5 Å². The highest BCUT2D eigenvalue weighted by atomic mass is 32.2. The van der Waals surface area contributed by atoms with Gasteiger partial charge >= 0.3 is 5.63 Å². The standard InChI is InChI=1S/C17H22O3S/c1-19-11-7-3-2-4-8-12-21-16-13-17(18)20-15-10-6-5-9-14(15)16/h5-6,9-10,13H,2-4,7-8,11-12H2,1H3. The first-order valence-corrected chi connectivity index (χ1v) is 8.44. The Morgan fingerprint density at radius 3 is 2.71 bits per heavy atom. The van der Waals surface area contributed by atoms with Crippen molar-refractivity contribution in [3.63, 3.8) is 0 Å². The van der Waals surface area contributed by atoms with Gasteiger partial charge in [-0.05, 0) is 24.7 Å². The van der Waals surface area contributed by atoms with Gasteiger partial charge in [-0.15, -0.1) is 11.8 Å². The molecular weight excluding hydrogens is 284 g/mol. The van der Waals surface area contributed by atoms with E-state index in [4.69, 9.17) is 9.15 Å². The van der Waals surface area contributed by atoms with E-state index in [1.807, 2.05) is 24.3 Å². The maximum atomic E-state index is 11.5. The van der Waals surface area contributed by atoms with Crippen LogP contribution in [0.2, 0.25) is 0 Å². The van der Waals surface area contributed by atoms with E-state index in [9.17, 15) is 4.79 Å². The Morgan fingerprint density at radius 2 is 1.86 bits per heavy atom. The molecule has 3 nitrogen and oxygen atoms in total. The second-order valence-corrected chi connectivity index (χ2v) is 6.17. The Bertz CT molecular complexity index is 606. The van der Waals surface area contributed by atoms with Crippen molar-refractivity contribution >= 4 is 22.7 Å². The molecule has 0 unspecified atom stereocenters. The molecular formula is C17H22O3S. The summed E-state index contributed by atoms with van der Waals surface area (Å²) in [7, 11) is 1.75. The molecule has 0 fully saturated rings. The molecule has 1 heterocycles. The van der Waals surface area contributed by atoms with Gasteiger partial charge in [0.1, 0.15) is 5.58 Å². The first-order chi connectivity index (χ1) is 10.3. The van der Waals surface area contributed by atoms with Crippen LogP contribution >= 0.6 is 11.8 Å². The van der Waals surface area contributed by atoms with Crippen molar-refractivity contribution < 1.29 is 9.15 Å². The lowest BCUT2D eigenvalue weighted by Gasteiger charge is -2.05. The first kappa shape index (κ1) is 16.1. The number of fused-ring (bicyclic) bond motifs is 1. The average Bonchev–Trinajstić information content (AvgIpc) is 2.49. The molecule has 21 heavy (non-hydrogen) atoms. The summed E-state index contributed by atoms with van der Waals surface area (Å²) in [6, 6.07) is 9.31. The van der Waals surface area contributed by atoms with E-state index in [0.717, 1.165) is 29.1 Å². The predicted molar refractivity (Wildman–Crippen MR) is 88.2 cm³/mol. The Kier molecular flexibility index (Phi) is 6.83. The number of hydrogen-bond acceptors (Lipinski definition) is 4. The minimum Gasteiger partial charge on any atom is -0.423 e. The zero-order valence-corrected chi connectivity index (χ0v) is 13.3. The zero-order valence-electron chi connectivity index (χ0n) is 12.5.